The van der Waals surface area contributed by atoms with E-state index in [9.17, 15) is 4.79 Å². The highest BCUT2D eigenvalue weighted by atomic mass is 127. The monoisotopic (exact) mass is 532 g/mol. The van der Waals surface area contributed by atoms with Gasteiger partial charge in [-0.2, -0.15) is 0 Å². The minimum atomic E-state index is -0.303. The minimum absolute atomic E-state index is 0. The summed E-state index contributed by atoms with van der Waals surface area (Å²) in [5, 5.41) is 6.66. The van der Waals surface area contributed by atoms with Crippen LogP contribution in [0, 0.1) is 5.41 Å². The summed E-state index contributed by atoms with van der Waals surface area (Å²) in [4.78, 5) is 18.6. The SMILES string of the molecule is CN=C(NCCCOCc1ccc(OC)cc1)NCC1(C(=O)N(C)C)CCCC1.I. The topological polar surface area (TPSA) is 75.2 Å². The molecule has 1 aliphatic rings. The summed E-state index contributed by atoms with van der Waals surface area (Å²) in [6, 6.07) is 7.90. The van der Waals surface area contributed by atoms with Crippen molar-refractivity contribution < 1.29 is 14.3 Å². The van der Waals surface area contributed by atoms with E-state index in [1.54, 1.807) is 19.1 Å². The average molecular weight is 532 g/mol. The van der Waals surface area contributed by atoms with Crippen LogP contribution in [0.4, 0.5) is 0 Å². The number of aliphatic imine (C=N–C) groups is 1. The molecule has 1 aliphatic carbocycles. The van der Waals surface area contributed by atoms with E-state index < -0.39 is 0 Å². The number of carbonyl (C=O) groups excluding carboxylic acids is 1. The smallest absolute Gasteiger partial charge is 0.230 e. The molecule has 1 aromatic carbocycles. The molecule has 1 amide bonds. The number of amides is 1. The first-order chi connectivity index (χ1) is 14.0. The van der Waals surface area contributed by atoms with Crippen molar-refractivity contribution in [3.8, 4) is 5.75 Å². The Bertz CT molecular complexity index is 659. The second-order valence-corrected chi connectivity index (χ2v) is 7.79. The fourth-order valence-electron chi connectivity index (χ4n) is 3.76. The van der Waals surface area contributed by atoms with E-state index in [1.807, 2.05) is 38.4 Å². The lowest BCUT2D eigenvalue weighted by molar-refractivity contribution is -0.138. The number of nitrogens with zero attached hydrogens (tertiary/aromatic N) is 2. The van der Waals surface area contributed by atoms with Crippen molar-refractivity contribution in [3.63, 3.8) is 0 Å². The van der Waals surface area contributed by atoms with Gasteiger partial charge < -0.3 is 25.0 Å². The number of methoxy groups -OCH3 is 1. The van der Waals surface area contributed by atoms with E-state index >= 15 is 0 Å². The molecule has 0 bridgehead atoms. The molecule has 30 heavy (non-hydrogen) atoms. The van der Waals surface area contributed by atoms with Gasteiger partial charge in [0.05, 0.1) is 19.1 Å². The predicted octanol–water partition coefficient (Wildman–Crippen LogP) is 3.03. The first kappa shape index (κ1) is 26.5. The third-order valence-corrected chi connectivity index (χ3v) is 5.42. The summed E-state index contributed by atoms with van der Waals surface area (Å²) < 4.78 is 10.9. The molecule has 2 N–H and O–H groups in total. The zero-order valence-electron chi connectivity index (χ0n) is 18.7. The molecule has 7 nitrogen and oxygen atoms in total. The Labute approximate surface area is 198 Å². The van der Waals surface area contributed by atoms with E-state index in [1.165, 1.54) is 0 Å². The van der Waals surface area contributed by atoms with Gasteiger partial charge in [0.25, 0.3) is 0 Å². The lowest BCUT2D eigenvalue weighted by atomic mass is 9.84. The van der Waals surface area contributed by atoms with Crippen LogP contribution in [0.3, 0.4) is 0 Å². The first-order valence-corrected chi connectivity index (χ1v) is 10.4. The molecule has 0 heterocycles. The number of carbonyl (C=O) groups is 1. The molecule has 0 saturated heterocycles. The van der Waals surface area contributed by atoms with Gasteiger partial charge in [0.1, 0.15) is 5.75 Å². The maximum Gasteiger partial charge on any atom is 0.230 e. The van der Waals surface area contributed by atoms with Crippen LogP contribution >= 0.6 is 24.0 Å². The number of nitrogens with one attached hydrogen (secondary N) is 2. The van der Waals surface area contributed by atoms with Crippen LogP contribution in [0.5, 0.6) is 5.75 Å². The Kier molecular flexibility index (Phi) is 12.1. The highest BCUT2D eigenvalue weighted by Crippen LogP contribution is 2.38. The third-order valence-electron chi connectivity index (χ3n) is 5.42. The fourth-order valence-corrected chi connectivity index (χ4v) is 3.76. The molecule has 8 heteroatoms. The molecule has 1 aromatic rings. The molecule has 0 radical (unpaired) electrons. The molecule has 0 aromatic heterocycles. The van der Waals surface area contributed by atoms with Crippen LogP contribution in [0.1, 0.15) is 37.7 Å². The van der Waals surface area contributed by atoms with E-state index in [2.05, 4.69) is 15.6 Å². The number of halogens is 1. The van der Waals surface area contributed by atoms with Crippen molar-refractivity contribution in [2.75, 3.05) is 47.9 Å². The van der Waals surface area contributed by atoms with Crippen LogP contribution in [0.2, 0.25) is 0 Å². The van der Waals surface area contributed by atoms with E-state index in [-0.39, 0.29) is 35.3 Å². The van der Waals surface area contributed by atoms with Crippen LogP contribution in [0.25, 0.3) is 0 Å². The van der Waals surface area contributed by atoms with Gasteiger partial charge in [0, 0.05) is 40.8 Å². The molecule has 170 valence electrons. The Morgan fingerprint density at radius 2 is 1.83 bits per heavy atom. The largest absolute Gasteiger partial charge is 0.497 e. The standard InChI is InChI=1S/C22H36N4O3.HI/c1-23-21(25-17-22(12-5-6-13-22)20(27)26(2)3)24-14-7-15-29-16-18-8-10-19(28-4)11-9-18;/h8-11H,5-7,12-17H2,1-4H3,(H2,23,24,25);1H. The average Bonchev–Trinajstić information content (AvgIpc) is 3.22. The van der Waals surface area contributed by atoms with Gasteiger partial charge >= 0.3 is 0 Å². The normalized spacial score (nSPS) is 15.3. The number of guanidine groups is 1. The van der Waals surface area contributed by atoms with Gasteiger partial charge in [-0.25, -0.2) is 0 Å². The molecular weight excluding hydrogens is 495 g/mol. The number of hydrogen-bond donors (Lipinski definition) is 2. The minimum Gasteiger partial charge on any atom is -0.497 e. The predicted molar refractivity (Wildman–Crippen MR) is 132 cm³/mol. The van der Waals surface area contributed by atoms with Gasteiger partial charge in [-0.05, 0) is 37.0 Å². The second-order valence-electron chi connectivity index (χ2n) is 7.79. The molecule has 0 atom stereocenters. The molecule has 0 unspecified atom stereocenters. The van der Waals surface area contributed by atoms with Gasteiger partial charge in [0.2, 0.25) is 5.91 Å². The summed E-state index contributed by atoms with van der Waals surface area (Å²) in [7, 11) is 7.09. The molecule has 1 fully saturated rings. The van der Waals surface area contributed by atoms with Crippen molar-refractivity contribution in [3.05, 3.63) is 29.8 Å². The summed E-state index contributed by atoms with van der Waals surface area (Å²) in [6.07, 6.45) is 4.97. The van der Waals surface area contributed by atoms with Crippen molar-refractivity contribution in [1.29, 1.82) is 0 Å². The Hall–Kier alpha value is -1.55. The molecule has 2 rings (SSSR count). The molecule has 0 aliphatic heterocycles. The maximum atomic E-state index is 12.7. The Balaban J connectivity index is 0.00000450. The molecular formula is C22H37IN4O3. The third kappa shape index (κ3) is 7.94. The lowest BCUT2D eigenvalue weighted by Gasteiger charge is -2.31. The van der Waals surface area contributed by atoms with Gasteiger partial charge in [-0.1, -0.05) is 25.0 Å². The Morgan fingerprint density at radius 1 is 1.17 bits per heavy atom. The van der Waals surface area contributed by atoms with E-state index in [4.69, 9.17) is 9.47 Å². The lowest BCUT2D eigenvalue weighted by Crippen LogP contribution is -2.49. The van der Waals surface area contributed by atoms with Gasteiger partial charge in [0.15, 0.2) is 5.96 Å². The number of ether oxygens (including phenoxy) is 2. The summed E-state index contributed by atoms with van der Waals surface area (Å²) >= 11 is 0. The van der Waals surface area contributed by atoms with Crippen molar-refractivity contribution in [2.45, 2.75) is 38.7 Å². The summed E-state index contributed by atoms with van der Waals surface area (Å²) in [5.74, 6) is 1.80. The van der Waals surface area contributed by atoms with Gasteiger partial charge in [-0.15, -0.1) is 24.0 Å². The van der Waals surface area contributed by atoms with Crippen molar-refractivity contribution in [2.24, 2.45) is 10.4 Å². The highest BCUT2D eigenvalue weighted by molar-refractivity contribution is 14.0. The van der Waals surface area contributed by atoms with Crippen LogP contribution in [-0.2, 0) is 16.1 Å². The summed E-state index contributed by atoms with van der Waals surface area (Å²) in [5.41, 5.74) is 0.825. The van der Waals surface area contributed by atoms with Crippen molar-refractivity contribution >= 4 is 35.8 Å². The number of hydrogen-bond acceptors (Lipinski definition) is 4. The zero-order valence-corrected chi connectivity index (χ0v) is 21.0. The quantitative estimate of drug-likeness (QED) is 0.210. The number of rotatable bonds is 10. The Morgan fingerprint density at radius 3 is 2.40 bits per heavy atom. The second kappa shape index (κ2) is 13.7. The maximum absolute atomic E-state index is 12.7. The number of benzene rings is 1. The molecule has 0 spiro atoms. The van der Waals surface area contributed by atoms with Crippen molar-refractivity contribution in [1.82, 2.24) is 15.5 Å². The van der Waals surface area contributed by atoms with E-state index in [0.717, 1.165) is 55.9 Å². The zero-order chi connectivity index (χ0) is 21.1. The van der Waals surface area contributed by atoms with Crippen LogP contribution < -0.4 is 15.4 Å². The van der Waals surface area contributed by atoms with Gasteiger partial charge in [-0.3, -0.25) is 9.79 Å². The van der Waals surface area contributed by atoms with Crippen LogP contribution in [0.15, 0.2) is 29.3 Å². The first-order valence-electron chi connectivity index (χ1n) is 10.4. The van der Waals surface area contributed by atoms with E-state index in [0.29, 0.717) is 19.8 Å². The molecule has 1 saturated carbocycles. The summed E-state index contributed by atoms with van der Waals surface area (Å²) in [6.45, 7) is 2.64. The highest BCUT2D eigenvalue weighted by Gasteiger charge is 2.42. The fraction of sp³-hybridized carbons (Fsp3) is 0.636. The van der Waals surface area contributed by atoms with Crippen LogP contribution in [-0.4, -0.2) is 64.7 Å².